The molecule has 0 aromatic carbocycles. The third kappa shape index (κ3) is 20.0. The Morgan fingerprint density at radius 1 is 0.433 bits per heavy atom. The van der Waals surface area contributed by atoms with Gasteiger partial charge in [-0.25, -0.2) is 64.1 Å². The number of aryl methyl sites for hydroxylation is 1. The molecule has 6 N–H and O–H groups in total. The summed E-state index contributed by atoms with van der Waals surface area (Å²) in [7, 11) is 0. The van der Waals surface area contributed by atoms with Gasteiger partial charge >= 0.3 is 18.5 Å². The number of alkyl halides is 15. The van der Waals surface area contributed by atoms with E-state index in [-0.39, 0.29) is 174 Å². The number of halogens is 15. The van der Waals surface area contributed by atoms with Crippen LogP contribution in [0.1, 0.15) is 325 Å². The molecule has 0 bridgehead atoms. The molecule has 0 aliphatic heterocycles. The van der Waals surface area contributed by atoms with E-state index in [1.54, 1.807) is 53.7 Å². The highest BCUT2D eigenvalue weighted by Gasteiger charge is 2.67. The van der Waals surface area contributed by atoms with Gasteiger partial charge in [0.1, 0.15) is 17.1 Å². The summed E-state index contributed by atoms with van der Waals surface area (Å²) >= 11 is 0. The van der Waals surface area contributed by atoms with Gasteiger partial charge in [0.05, 0.1) is 130 Å². The average molecular weight is 1890 g/mol. The van der Waals surface area contributed by atoms with Gasteiger partial charge in [-0.3, -0.25) is 33.4 Å². The molecule has 9 heterocycles. The van der Waals surface area contributed by atoms with E-state index in [2.05, 4.69) is 94.7 Å². The van der Waals surface area contributed by atoms with Crippen LogP contribution in [0.15, 0.2) is 76.9 Å². The number of nitrogens with one attached hydrogen (secondary N) is 6. The van der Waals surface area contributed by atoms with Crippen molar-refractivity contribution >= 4 is 52.4 Å². The number of hydrogen-bond acceptors (Lipinski definition) is 21. The standard InChI is InChI=1S/C31H35F5N8O2.C29H32F5N7O3.C28H29F5N8O3/c1-18(2)44-22(5-12-38-44)27(46)42-25(19-3-6-30(32,33)7-4-19)21-16-43-23(40-21)13-20(15-39-43)26(28(17-37)8-9-28)41-24(45)14-29(10-11-29)31(34,35)36;30-28(31)7-5-17(6-8-28)23(38-26(43)25-24(16-3-4-16)39-44-40-25)19-14-41-20(36-19)11-18(13-35-41)22(15-1-2-15)37-21(42)12-27(9-10-27)29(32,33)34;1-15-21(40-44-39-15)24(43)38-22(16-2-4-27(29,30)5-3-16)18-13-41-19(36-18)10-17(12-35-41)23(25(14-34)6-7-25)37-20(42)11-26(8-9-26)28(31,32)33/h5,12-13,15-16,18-19,25-26H,3-4,6-11,14H2,1-2H3,(H,41,45)(H,42,46);11,13-17,22-23H,1-10,12H2,(H,37,42)(H,38,43);10,12-13,16,22-23H,2-9,11H2,1H3,(H,37,42)(H,38,43)/t25-,26-;22-,23+;22-,23-/m010/s1. The molecule has 10 aliphatic rings. The van der Waals surface area contributed by atoms with Gasteiger partial charge in [0.2, 0.25) is 35.5 Å². The molecule has 19 rings (SSSR count). The van der Waals surface area contributed by atoms with Crippen molar-refractivity contribution < 1.29 is 104 Å². The van der Waals surface area contributed by atoms with Crippen LogP contribution < -0.4 is 31.9 Å². The predicted molar refractivity (Wildman–Crippen MR) is 435 cm³/mol. The lowest BCUT2D eigenvalue weighted by atomic mass is 9.81. The number of aromatic nitrogens is 15. The molecule has 6 atom stereocenters. The quantitative estimate of drug-likeness (QED) is 0.0237. The van der Waals surface area contributed by atoms with E-state index >= 15 is 0 Å². The number of hydrogen-bond donors (Lipinski definition) is 6. The Labute approximate surface area is 754 Å². The number of fused-ring (bicyclic) bond motifs is 3. The maximum atomic E-state index is 14.1. The van der Waals surface area contributed by atoms with Crippen molar-refractivity contribution in [2.75, 3.05) is 0 Å². The molecule has 46 heteroatoms. The zero-order valence-corrected chi connectivity index (χ0v) is 72.8. The van der Waals surface area contributed by atoms with Gasteiger partial charge in [0.25, 0.3) is 17.7 Å². The lowest BCUT2D eigenvalue weighted by molar-refractivity contribution is -0.191. The number of imidazole rings is 3. The second kappa shape index (κ2) is 35.1. The normalized spacial score (nSPS) is 21.9. The van der Waals surface area contributed by atoms with Gasteiger partial charge in [0, 0.05) is 75.9 Å². The average Bonchev–Trinajstić information content (AvgIpc) is 1.57. The first-order chi connectivity index (χ1) is 63.3. The first-order valence-electron chi connectivity index (χ1n) is 45.0. The van der Waals surface area contributed by atoms with Gasteiger partial charge in [-0.15, -0.1) is 0 Å². The first kappa shape index (κ1) is 93.9. The first-order valence-corrected chi connectivity index (χ1v) is 45.0. The molecule has 0 radical (unpaired) electrons. The fourth-order valence-electron chi connectivity index (χ4n) is 19.0. The summed E-state index contributed by atoms with van der Waals surface area (Å²) < 4.78 is 221. The van der Waals surface area contributed by atoms with Crippen LogP contribution in [0.25, 0.3) is 16.9 Å². The Morgan fingerprint density at radius 3 is 1.13 bits per heavy atom. The van der Waals surface area contributed by atoms with Crippen LogP contribution in [0.3, 0.4) is 0 Å². The number of nitriles is 2. The number of nitrogens with zero attached hydrogens (tertiary/aromatic N) is 17. The Bertz CT molecular complexity index is 6000. The van der Waals surface area contributed by atoms with Crippen LogP contribution in [-0.2, 0) is 14.4 Å². The molecule has 31 nitrogen and oxygen atoms in total. The summed E-state index contributed by atoms with van der Waals surface area (Å²) in [6, 6.07) is 6.25. The Morgan fingerprint density at radius 2 is 0.784 bits per heavy atom. The molecule has 134 heavy (non-hydrogen) atoms. The highest BCUT2D eigenvalue weighted by molar-refractivity contribution is 5.94. The lowest BCUT2D eigenvalue weighted by Gasteiger charge is -2.33. The summed E-state index contributed by atoms with van der Waals surface area (Å²) in [6.07, 6.45) is -1.17. The molecule has 0 spiro atoms. The third-order valence-electron chi connectivity index (χ3n) is 28.6. The van der Waals surface area contributed by atoms with E-state index < -0.39 is 154 Å². The summed E-state index contributed by atoms with van der Waals surface area (Å²) in [5, 5.41) is 69.2. The highest BCUT2D eigenvalue weighted by atomic mass is 19.4. The van der Waals surface area contributed by atoms with Crippen molar-refractivity contribution in [1.82, 2.24) is 106 Å². The van der Waals surface area contributed by atoms with Gasteiger partial charge in [-0.2, -0.15) is 70.4 Å². The number of carbonyl (C=O) groups is 6. The predicted octanol–water partition coefficient (Wildman–Crippen LogP) is 16.5. The van der Waals surface area contributed by atoms with Gasteiger partial charge < -0.3 is 31.9 Å². The summed E-state index contributed by atoms with van der Waals surface area (Å²) in [4.78, 5) is 92.4. The molecule has 10 aliphatic carbocycles. The zero-order valence-electron chi connectivity index (χ0n) is 72.8. The second-order valence-electron chi connectivity index (χ2n) is 38.7. The molecular formula is C88H96F15N23O8. The lowest BCUT2D eigenvalue weighted by Crippen LogP contribution is -2.38. The molecule has 10 fully saturated rings. The second-order valence-corrected chi connectivity index (χ2v) is 38.7. The van der Waals surface area contributed by atoms with Crippen LogP contribution in [0.2, 0.25) is 0 Å². The van der Waals surface area contributed by atoms with Crippen molar-refractivity contribution in [2.45, 2.75) is 291 Å². The van der Waals surface area contributed by atoms with Crippen molar-refractivity contribution in [3.8, 4) is 12.1 Å². The molecule has 0 saturated heterocycles. The van der Waals surface area contributed by atoms with Crippen LogP contribution >= 0.6 is 0 Å². The minimum Gasteiger partial charge on any atom is -0.349 e. The molecule has 10 saturated carbocycles. The smallest absolute Gasteiger partial charge is 0.349 e. The van der Waals surface area contributed by atoms with E-state index in [9.17, 15) is 105 Å². The van der Waals surface area contributed by atoms with Crippen LogP contribution in [0.5, 0.6) is 0 Å². The van der Waals surface area contributed by atoms with Crippen molar-refractivity contribution in [1.29, 1.82) is 10.5 Å². The molecule has 716 valence electrons. The molecule has 6 amide bonds. The van der Waals surface area contributed by atoms with Crippen molar-refractivity contribution in [2.24, 2.45) is 50.7 Å². The zero-order chi connectivity index (χ0) is 95.4. The van der Waals surface area contributed by atoms with E-state index in [1.807, 2.05) is 13.8 Å². The third-order valence-corrected chi connectivity index (χ3v) is 28.6. The van der Waals surface area contributed by atoms with E-state index in [1.165, 1.54) is 39.1 Å². The monoisotopic (exact) mass is 1890 g/mol. The van der Waals surface area contributed by atoms with Gasteiger partial charge in [-0.05, 0) is 224 Å². The van der Waals surface area contributed by atoms with Crippen LogP contribution in [0.4, 0.5) is 65.9 Å². The summed E-state index contributed by atoms with van der Waals surface area (Å²) in [6.45, 7) is 5.29. The number of amides is 6. The maximum absolute atomic E-state index is 14.1. The van der Waals surface area contributed by atoms with Crippen LogP contribution in [-0.4, -0.2) is 146 Å². The summed E-state index contributed by atoms with van der Waals surface area (Å²) in [5.41, 5.74) is -3.35. The number of rotatable bonds is 29. The SMILES string of the molecule is CC(C)n1nccc1C(=O)N[C@H](c1cn2ncc([C@H](NC(=O)CC3(C(F)(F)F)CC3)C3(C#N)CC3)cc2n1)C1CCC(F)(F)CC1.Cc1nonc1C(=O)N[C@H](c1cn2ncc([C@H](NC(=O)CC3(C(F)(F)F)CC3)C3(C#N)CC3)cc2n1)C1CCC(F)(F)CC1.O=C(CC1(C(F)(F)F)CC1)N[C@@H](c1cnn2cc([C@@H](NC(=O)c3nonc3C3CC3)C3CCC(F)(F)CC3)nc2c1)C1CC1. The molecule has 9 aromatic heterocycles. The van der Waals surface area contributed by atoms with Crippen molar-refractivity contribution in [3.63, 3.8) is 0 Å². The Balaban J connectivity index is 0.000000140. The highest BCUT2D eigenvalue weighted by Crippen LogP contribution is 2.64. The fraction of sp³-hybridized carbons (Fsp3) is 0.625. The van der Waals surface area contributed by atoms with E-state index in [0.717, 1.165) is 25.7 Å². The topological polar surface area (TPSA) is 408 Å². The fourth-order valence-corrected chi connectivity index (χ4v) is 19.0. The van der Waals surface area contributed by atoms with E-state index in [0.29, 0.717) is 82.1 Å². The molecule has 9 aromatic rings. The largest absolute Gasteiger partial charge is 0.395 e. The Kier molecular flexibility index (Phi) is 24.6. The van der Waals surface area contributed by atoms with Crippen molar-refractivity contribution in [3.05, 3.63) is 130 Å². The van der Waals surface area contributed by atoms with Gasteiger partial charge in [0.15, 0.2) is 28.3 Å². The molecular weight excluding hydrogens is 1790 g/mol. The maximum Gasteiger partial charge on any atom is 0.395 e. The summed E-state index contributed by atoms with van der Waals surface area (Å²) in [5.74, 6) is -13.0. The van der Waals surface area contributed by atoms with E-state index in [4.69, 9.17) is 14.6 Å². The minimum atomic E-state index is -4.50. The number of carbonyl (C=O) groups excluding carboxylic acids is 6. The minimum absolute atomic E-state index is 0.0478. The Hall–Kier alpha value is -11.9. The van der Waals surface area contributed by atoms with Gasteiger partial charge in [-0.1, -0.05) is 10.3 Å². The van der Waals surface area contributed by atoms with Crippen LogP contribution in [0, 0.1) is 80.3 Å². The molecule has 0 unspecified atom stereocenters.